The second kappa shape index (κ2) is 12.1. The summed E-state index contributed by atoms with van der Waals surface area (Å²) >= 11 is 2.15. The van der Waals surface area contributed by atoms with Crippen molar-refractivity contribution in [3.63, 3.8) is 0 Å². The number of halogens is 1. The van der Waals surface area contributed by atoms with Crippen molar-refractivity contribution in [1.82, 2.24) is 20.0 Å². The molecule has 1 amide bonds. The number of nitrogens with zero attached hydrogens (tertiary/aromatic N) is 3. The highest BCUT2D eigenvalue weighted by Crippen LogP contribution is 2.19. The highest BCUT2D eigenvalue weighted by atomic mass is 127. The van der Waals surface area contributed by atoms with E-state index in [9.17, 15) is 4.79 Å². The van der Waals surface area contributed by atoms with Crippen molar-refractivity contribution in [2.45, 2.75) is 31.7 Å². The monoisotopic (exact) mass is 520 g/mol. The molecule has 1 N–H and O–H groups in total. The fraction of sp³-hybridized carbons (Fsp3) is 0.417. The van der Waals surface area contributed by atoms with E-state index < -0.39 is 0 Å². The SMILES string of the molecule is CC(CC(=O)NCC(Cc1ccc2c(cnn2C)c1)N(C)C)c1ccccc1.CI. The molecule has 0 fully saturated rings. The number of rotatable bonds is 8. The third-order valence-electron chi connectivity index (χ3n) is 5.41. The minimum absolute atomic E-state index is 0.103. The lowest BCUT2D eigenvalue weighted by Crippen LogP contribution is -2.41. The van der Waals surface area contributed by atoms with Crippen LogP contribution in [0.3, 0.4) is 0 Å². The lowest BCUT2D eigenvalue weighted by atomic mass is 9.97. The van der Waals surface area contributed by atoms with Crippen LogP contribution in [-0.4, -0.2) is 52.2 Å². The van der Waals surface area contributed by atoms with Crippen LogP contribution in [0.4, 0.5) is 0 Å². The summed E-state index contributed by atoms with van der Waals surface area (Å²) < 4.78 is 1.89. The van der Waals surface area contributed by atoms with E-state index in [4.69, 9.17) is 0 Å². The normalized spacial score (nSPS) is 12.9. The van der Waals surface area contributed by atoms with Crippen molar-refractivity contribution in [3.8, 4) is 0 Å². The molecule has 5 nitrogen and oxygen atoms in total. The van der Waals surface area contributed by atoms with Crippen molar-refractivity contribution in [3.05, 3.63) is 65.9 Å². The number of hydrogen-bond donors (Lipinski definition) is 1. The Morgan fingerprint density at radius 3 is 2.53 bits per heavy atom. The Bertz CT molecular complexity index is 923. The molecule has 1 heterocycles. The van der Waals surface area contributed by atoms with Gasteiger partial charge in [-0.2, -0.15) is 5.10 Å². The molecule has 0 spiro atoms. The molecule has 0 saturated carbocycles. The molecule has 0 saturated heterocycles. The number of aryl methyl sites for hydroxylation is 1. The van der Waals surface area contributed by atoms with Crippen LogP contribution < -0.4 is 5.32 Å². The van der Waals surface area contributed by atoms with E-state index >= 15 is 0 Å². The first kappa shape index (κ1) is 24.3. The molecular formula is C24H33IN4O. The van der Waals surface area contributed by atoms with Gasteiger partial charge in [-0.25, -0.2) is 0 Å². The Morgan fingerprint density at radius 1 is 1.17 bits per heavy atom. The predicted molar refractivity (Wildman–Crippen MR) is 134 cm³/mol. The van der Waals surface area contributed by atoms with Crippen LogP contribution >= 0.6 is 22.6 Å². The molecule has 1 aromatic heterocycles. The Hall–Kier alpha value is -1.93. The number of aromatic nitrogens is 2. The van der Waals surface area contributed by atoms with E-state index in [-0.39, 0.29) is 17.9 Å². The summed E-state index contributed by atoms with van der Waals surface area (Å²) in [6.45, 7) is 2.74. The zero-order valence-electron chi connectivity index (χ0n) is 18.6. The Kier molecular flexibility index (Phi) is 9.78. The molecule has 0 aliphatic carbocycles. The van der Waals surface area contributed by atoms with Gasteiger partial charge in [-0.15, -0.1) is 0 Å². The average molecular weight is 520 g/mol. The van der Waals surface area contributed by atoms with Crippen LogP contribution in [0.1, 0.15) is 30.4 Å². The molecule has 0 bridgehead atoms. The molecule has 3 rings (SSSR count). The molecule has 3 aromatic rings. The molecule has 0 aliphatic heterocycles. The van der Waals surface area contributed by atoms with Crippen molar-refractivity contribution in [2.24, 2.45) is 7.05 Å². The highest BCUT2D eigenvalue weighted by molar-refractivity contribution is 14.1. The smallest absolute Gasteiger partial charge is 0.220 e. The number of likely N-dealkylation sites (N-methyl/N-ethyl adjacent to an activating group) is 1. The van der Waals surface area contributed by atoms with Gasteiger partial charge < -0.3 is 10.2 Å². The topological polar surface area (TPSA) is 50.2 Å². The standard InChI is InChI=1S/C23H30N4O.CH3I/c1-17(19-8-6-5-7-9-19)12-23(28)24-16-21(26(2)3)14-18-10-11-22-20(13-18)15-25-27(22)4;1-2/h5-11,13,15,17,21H,12,14,16H2,1-4H3,(H,24,28);1H3. The number of carbonyl (C=O) groups is 1. The number of benzene rings is 2. The molecule has 0 radical (unpaired) electrons. The summed E-state index contributed by atoms with van der Waals surface area (Å²) in [4.78, 5) is 16.6. The molecule has 2 atom stereocenters. The van der Waals surface area contributed by atoms with Crippen molar-refractivity contribution in [2.75, 3.05) is 25.6 Å². The molecular weight excluding hydrogens is 487 g/mol. The first-order valence-corrected chi connectivity index (χ1v) is 12.4. The minimum atomic E-state index is 0.103. The lowest BCUT2D eigenvalue weighted by Gasteiger charge is -2.25. The van der Waals surface area contributed by atoms with Gasteiger partial charge in [-0.1, -0.05) is 65.9 Å². The van der Waals surface area contributed by atoms with Gasteiger partial charge in [0, 0.05) is 31.4 Å². The van der Waals surface area contributed by atoms with Crippen molar-refractivity contribution < 1.29 is 4.79 Å². The maximum atomic E-state index is 12.4. The van der Waals surface area contributed by atoms with E-state index in [1.54, 1.807) is 0 Å². The van der Waals surface area contributed by atoms with Crippen LogP contribution in [0.5, 0.6) is 0 Å². The Labute approximate surface area is 194 Å². The van der Waals surface area contributed by atoms with Gasteiger partial charge in [0.2, 0.25) is 5.91 Å². The lowest BCUT2D eigenvalue weighted by molar-refractivity contribution is -0.121. The summed E-state index contributed by atoms with van der Waals surface area (Å²) in [5, 5.41) is 8.59. The van der Waals surface area contributed by atoms with Gasteiger partial charge in [0.15, 0.2) is 0 Å². The fourth-order valence-electron chi connectivity index (χ4n) is 3.53. The van der Waals surface area contributed by atoms with Crippen molar-refractivity contribution >= 4 is 39.4 Å². The van der Waals surface area contributed by atoms with E-state index in [0.29, 0.717) is 13.0 Å². The molecule has 162 valence electrons. The molecule has 0 aliphatic rings. The van der Waals surface area contributed by atoms with Crippen LogP contribution in [0.15, 0.2) is 54.7 Å². The van der Waals surface area contributed by atoms with E-state index in [0.717, 1.165) is 17.3 Å². The van der Waals surface area contributed by atoms with E-state index in [1.165, 1.54) is 11.1 Å². The van der Waals surface area contributed by atoms with Crippen molar-refractivity contribution in [1.29, 1.82) is 0 Å². The number of carbonyl (C=O) groups excluding carboxylic acids is 1. The Balaban J connectivity index is 0.00000155. The third-order valence-corrected chi connectivity index (χ3v) is 5.41. The summed E-state index contributed by atoms with van der Waals surface area (Å²) in [6, 6.07) is 16.9. The summed E-state index contributed by atoms with van der Waals surface area (Å²) in [5.74, 6) is 0.318. The van der Waals surface area contributed by atoms with Gasteiger partial charge in [0.05, 0.1) is 11.7 Å². The van der Waals surface area contributed by atoms with Gasteiger partial charge in [-0.3, -0.25) is 9.48 Å². The van der Waals surface area contributed by atoms with Crippen LogP contribution in [0, 0.1) is 0 Å². The number of fused-ring (bicyclic) bond motifs is 1. The average Bonchev–Trinajstić information content (AvgIpc) is 3.13. The molecule has 30 heavy (non-hydrogen) atoms. The first-order chi connectivity index (χ1) is 14.4. The molecule has 2 aromatic carbocycles. The van der Waals surface area contributed by atoms with Gasteiger partial charge in [-0.05, 0) is 54.6 Å². The third kappa shape index (κ3) is 6.80. The number of nitrogens with one attached hydrogen (secondary N) is 1. The quantitative estimate of drug-likeness (QED) is 0.354. The number of alkyl halides is 1. The maximum absolute atomic E-state index is 12.4. The number of hydrogen-bond acceptors (Lipinski definition) is 3. The largest absolute Gasteiger partial charge is 0.355 e. The zero-order valence-corrected chi connectivity index (χ0v) is 20.8. The summed E-state index contributed by atoms with van der Waals surface area (Å²) in [6.07, 6.45) is 3.29. The van der Waals surface area contributed by atoms with Gasteiger partial charge in [0.25, 0.3) is 0 Å². The van der Waals surface area contributed by atoms with Crippen LogP contribution in [0.25, 0.3) is 10.9 Å². The van der Waals surface area contributed by atoms with Gasteiger partial charge >= 0.3 is 0 Å². The fourth-order valence-corrected chi connectivity index (χ4v) is 3.53. The predicted octanol–water partition coefficient (Wildman–Crippen LogP) is 4.41. The van der Waals surface area contributed by atoms with E-state index in [2.05, 4.69) is 89.3 Å². The molecule has 6 heteroatoms. The minimum Gasteiger partial charge on any atom is -0.355 e. The maximum Gasteiger partial charge on any atom is 0.220 e. The second-order valence-electron chi connectivity index (χ2n) is 7.80. The van der Waals surface area contributed by atoms with Gasteiger partial charge in [0.1, 0.15) is 0 Å². The second-order valence-corrected chi connectivity index (χ2v) is 7.80. The highest BCUT2D eigenvalue weighted by Gasteiger charge is 2.16. The summed E-state index contributed by atoms with van der Waals surface area (Å²) in [5.41, 5.74) is 3.59. The van der Waals surface area contributed by atoms with E-state index in [1.807, 2.05) is 41.1 Å². The van der Waals surface area contributed by atoms with Crippen LogP contribution in [0.2, 0.25) is 0 Å². The first-order valence-electron chi connectivity index (χ1n) is 10.2. The number of amides is 1. The van der Waals surface area contributed by atoms with Crippen LogP contribution in [-0.2, 0) is 18.3 Å². The molecule has 2 unspecified atom stereocenters. The zero-order chi connectivity index (χ0) is 22.1. The Morgan fingerprint density at radius 2 is 1.87 bits per heavy atom. The summed E-state index contributed by atoms with van der Waals surface area (Å²) in [7, 11) is 6.08.